The Labute approximate surface area is 244 Å². The van der Waals surface area contributed by atoms with E-state index < -0.39 is 0 Å². The predicted molar refractivity (Wildman–Crippen MR) is 169 cm³/mol. The number of nitrogens with zero attached hydrogens (tertiary/aromatic N) is 7. The maximum atomic E-state index is 14.2. The van der Waals surface area contributed by atoms with Crippen LogP contribution in [0.4, 0.5) is 34.4 Å². The highest BCUT2D eigenvalue weighted by Crippen LogP contribution is 2.36. The van der Waals surface area contributed by atoms with Gasteiger partial charge in [0.1, 0.15) is 5.69 Å². The molecule has 2 aliphatic rings. The number of aryl methyl sites for hydroxylation is 1. The van der Waals surface area contributed by atoms with Crippen molar-refractivity contribution in [1.29, 1.82) is 0 Å². The van der Waals surface area contributed by atoms with Gasteiger partial charge in [-0.3, -0.25) is 14.3 Å². The van der Waals surface area contributed by atoms with Gasteiger partial charge < -0.3 is 25.3 Å². The van der Waals surface area contributed by atoms with Crippen molar-refractivity contribution in [3.63, 3.8) is 0 Å². The molecular formula is C32H33N9O. The fourth-order valence-corrected chi connectivity index (χ4v) is 5.78. The number of hydrogen-bond acceptors (Lipinski definition) is 9. The molecule has 5 aromatic rings. The molecule has 10 nitrogen and oxygen atoms in total. The number of rotatable bonds is 5. The van der Waals surface area contributed by atoms with Gasteiger partial charge in [-0.2, -0.15) is 4.98 Å². The van der Waals surface area contributed by atoms with E-state index in [2.05, 4.69) is 67.5 Å². The highest BCUT2D eigenvalue weighted by atomic mass is 16.1. The fraction of sp³-hybridized carbons (Fsp3) is 0.250. The Balaban J connectivity index is 1.27. The summed E-state index contributed by atoms with van der Waals surface area (Å²) in [5, 5.41) is 7.58. The predicted octanol–water partition coefficient (Wildman–Crippen LogP) is 4.54. The number of piperazine rings is 1. The molecule has 0 aliphatic carbocycles. The number of anilines is 6. The second-order valence-electron chi connectivity index (χ2n) is 10.9. The number of pyridine rings is 2. The molecular weight excluding hydrogens is 526 g/mol. The molecule has 3 aromatic heterocycles. The van der Waals surface area contributed by atoms with Crippen molar-refractivity contribution in [1.82, 2.24) is 24.4 Å². The Hall–Kier alpha value is -4.96. The van der Waals surface area contributed by atoms with E-state index in [1.165, 1.54) is 5.69 Å². The van der Waals surface area contributed by atoms with E-state index in [9.17, 15) is 4.79 Å². The lowest BCUT2D eigenvalue weighted by molar-refractivity contribution is 0.313. The van der Waals surface area contributed by atoms with Gasteiger partial charge in [0.25, 0.3) is 5.56 Å². The van der Waals surface area contributed by atoms with Crippen molar-refractivity contribution in [2.75, 3.05) is 66.7 Å². The van der Waals surface area contributed by atoms with Crippen LogP contribution in [-0.4, -0.2) is 70.7 Å². The van der Waals surface area contributed by atoms with E-state index in [0.29, 0.717) is 29.5 Å². The second kappa shape index (κ2) is 10.8. The van der Waals surface area contributed by atoms with Crippen molar-refractivity contribution in [2.24, 2.45) is 0 Å². The summed E-state index contributed by atoms with van der Waals surface area (Å²) in [7, 11) is 2.16. The third-order valence-corrected chi connectivity index (χ3v) is 8.09. The molecule has 0 saturated carbocycles. The standard InChI is InChI=1S/C32H33N9O/c1-22-5-3-7-27-29(22)34-13-14-40(27)28-19-23-20-35-32(37-30(23)41(31(28)42)26-6-4-12-33-21-26)36-24-8-10-25(11-9-24)39-17-15-38(2)16-18-39/h3-12,19-21,34H,13-18H2,1-2H3,(H,35,36,37). The molecule has 0 spiro atoms. The first-order chi connectivity index (χ1) is 20.5. The van der Waals surface area contributed by atoms with Gasteiger partial charge in [-0.1, -0.05) is 12.1 Å². The van der Waals surface area contributed by atoms with Crippen molar-refractivity contribution in [2.45, 2.75) is 6.92 Å². The molecule has 1 saturated heterocycles. The average molecular weight is 560 g/mol. The molecule has 2 aliphatic heterocycles. The Morgan fingerprint density at radius 3 is 2.50 bits per heavy atom. The van der Waals surface area contributed by atoms with Crippen molar-refractivity contribution in [3.8, 4) is 5.69 Å². The van der Waals surface area contributed by atoms with Crippen LogP contribution in [0.25, 0.3) is 16.7 Å². The first-order valence-electron chi connectivity index (χ1n) is 14.3. The van der Waals surface area contributed by atoms with E-state index in [0.717, 1.165) is 60.7 Å². The van der Waals surface area contributed by atoms with Crippen LogP contribution in [-0.2, 0) is 0 Å². The first kappa shape index (κ1) is 26.0. The van der Waals surface area contributed by atoms with Crippen LogP contribution in [0.1, 0.15) is 5.56 Å². The minimum absolute atomic E-state index is 0.161. The Morgan fingerprint density at radius 2 is 1.71 bits per heavy atom. The number of likely N-dealkylation sites (N-methyl/N-ethyl adjacent to an activating group) is 1. The van der Waals surface area contributed by atoms with Crippen LogP contribution in [0.3, 0.4) is 0 Å². The molecule has 0 unspecified atom stereocenters. The number of fused-ring (bicyclic) bond motifs is 2. The highest BCUT2D eigenvalue weighted by molar-refractivity contribution is 5.86. The molecule has 1 fully saturated rings. The molecule has 7 rings (SSSR count). The monoisotopic (exact) mass is 559 g/mol. The molecule has 0 radical (unpaired) electrons. The SMILES string of the molecule is Cc1cccc2c1NCCN2c1cc2cnc(Nc3ccc(N4CCN(C)CC4)cc3)nc2n(-c2cccnc2)c1=O. The highest BCUT2D eigenvalue weighted by Gasteiger charge is 2.24. The molecule has 0 bridgehead atoms. The summed E-state index contributed by atoms with van der Waals surface area (Å²) in [6, 6.07) is 20.1. The normalized spacial score (nSPS) is 15.4. The Morgan fingerprint density at radius 1 is 0.881 bits per heavy atom. The van der Waals surface area contributed by atoms with Gasteiger partial charge in [-0.05, 0) is 68.1 Å². The minimum Gasteiger partial charge on any atom is -0.381 e. The van der Waals surface area contributed by atoms with Crippen molar-refractivity contribution >= 4 is 45.4 Å². The Bertz CT molecular complexity index is 1800. The summed E-state index contributed by atoms with van der Waals surface area (Å²) in [5.41, 5.74) is 6.83. The van der Waals surface area contributed by atoms with Gasteiger partial charge >= 0.3 is 0 Å². The molecule has 0 atom stereocenters. The number of benzene rings is 2. The minimum atomic E-state index is -0.161. The van der Waals surface area contributed by atoms with Crippen LogP contribution in [0.15, 0.2) is 84.0 Å². The van der Waals surface area contributed by atoms with Crippen molar-refractivity contribution in [3.05, 3.63) is 95.2 Å². The van der Waals surface area contributed by atoms with Crippen LogP contribution in [0, 0.1) is 6.92 Å². The first-order valence-corrected chi connectivity index (χ1v) is 14.3. The van der Waals surface area contributed by atoms with Gasteiger partial charge in [-0.15, -0.1) is 0 Å². The summed E-state index contributed by atoms with van der Waals surface area (Å²) < 4.78 is 1.64. The second-order valence-corrected chi connectivity index (χ2v) is 10.9. The number of nitrogens with one attached hydrogen (secondary N) is 2. The number of hydrogen-bond donors (Lipinski definition) is 2. The van der Waals surface area contributed by atoms with Gasteiger partial charge in [0.15, 0.2) is 5.65 Å². The zero-order valence-electron chi connectivity index (χ0n) is 23.8. The quantitative estimate of drug-likeness (QED) is 0.322. The summed E-state index contributed by atoms with van der Waals surface area (Å²) in [4.78, 5) is 34.8. The Kier molecular flexibility index (Phi) is 6.67. The zero-order valence-corrected chi connectivity index (χ0v) is 23.8. The van der Waals surface area contributed by atoms with Gasteiger partial charge in [0, 0.05) is 68.4 Å². The number of para-hydroxylation sites is 1. The molecule has 2 aromatic carbocycles. The fourth-order valence-electron chi connectivity index (χ4n) is 5.78. The van der Waals surface area contributed by atoms with Crippen molar-refractivity contribution < 1.29 is 0 Å². The zero-order chi connectivity index (χ0) is 28.6. The topological polar surface area (TPSA) is 94.5 Å². The average Bonchev–Trinajstić information content (AvgIpc) is 3.02. The van der Waals surface area contributed by atoms with E-state index in [1.54, 1.807) is 23.2 Å². The summed E-state index contributed by atoms with van der Waals surface area (Å²) >= 11 is 0. The molecule has 42 heavy (non-hydrogen) atoms. The smallest absolute Gasteiger partial charge is 0.280 e. The van der Waals surface area contributed by atoms with Crippen LogP contribution < -0.4 is 26.0 Å². The summed E-state index contributed by atoms with van der Waals surface area (Å²) in [5.74, 6) is 0.419. The number of aromatic nitrogens is 4. The molecule has 212 valence electrons. The largest absolute Gasteiger partial charge is 0.381 e. The van der Waals surface area contributed by atoms with E-state index in [1.807, 2.05) is 42.5 Å². The van der Waals surface area contributed by atoms with E-state index in [-0.39, 0.29) is 5.56 Å². The van der Waals surface area contributed by atoms with Crippen LogP contribution in [0.2, 0.25) is 0 Å². The van der Waals surface area contributed by atoms with Crippen LogP contribution >= 0.6 is 0 Å². The van der Waals surface area contributed by atoms with Gasteiger partial charge in [-0.25, -0.2) is 4.98 Å². The third-order valence-electron chi connectivity index (χ3n) is 8.09. The third kappa shape index (κ3) is 4.79. The molecule has 2 N–H and O–H groups in total. The van der Waals surface area contributed by atoms with E-state index in [4.69, 9.17) is 4.98 Å². The summed E-state index contributed by atoms with van der Waals surface area (Å²) in [6.07, 6.45) is 5.16. The molecule has 5 heterocycles. The summed E-state index contributed by atoms with van der Waals surface area (Å²) in [6.45, 7) is 7.63. The van der Waals surface area contributed by atoms with Gasteiger partial charge in [0.2, 0.25) is 5.95 Å². The van der Waals surface area contributed by atoms with Crippen LogP contribution in [0.5, 0.6) is 0 Å². The lowest BCUT2D eigenvalue weighted by Gasteiger charge is -2.34. The van der Waals surface area contributed by atoms with E-state index >= 15 is 0 Å². The lowest BCUT2D eigenvalue weighted by atomic mass is 10.1. The molecule has 0 amide bonds. The van der Waals surface area contributed by atoms with Gasteiger partial charge in [0.05, 0.1) is 23.3 Å². The molecule has 10 heteroatoms. The lowest BCUT2D eigenvalue weighted by Crippen LogP contribution is -2.44. The maximum Gasteiger partial charge on any atom is 0.280 e. The maximum absolute atomic E-state index is 14.2.